The number of nitrogens with zero attached hydrogens (tertiary/aromatic N) is 2. The quantitative estimate of drug-likeness (QED) is 0.507. The molecule has 2 rings (SSSR count). The molecule has 1 unspecified atom stereocenters. The number of rotatable bonds is 4. The third kappa shape index (κ3) is 2.14. The highest BCUT2D eigenvalue weighted by atomic mass is 16.6. The van der Waals surface area contributed by atoms with Crippen LogP contribution in [0, 0.1) is 16.0 Å². The van der Waals surface area contributed by atoms with E-state index >= 15 is 0 Å². The summed E-state index contributed by atoms with van der Waals surface area (Å²) in [4.78, 5) is 46.7. The highest BCUT2D eigenvalue weighted by Crippen LogP contribution is 2.33. The molecular weight excluding hydrogens is 280 g/mol. The van der Waals surface area contributed by atoms with Crippen molar-refractivity contribution >= 4 is 23.5 Å². The topological polar surface area (TPSA) is 118 Å². The molecule has 0 aliphatic carbocycles. The van der Waals surface area contributed by atoms with Gasteiger partial charge in [-0.25, -0.2) is 4.79 Å². The highest BCUT2D eigenvalue weighted by molar-refractivity contribution is 6.24. The minimum Gasteiger partial charge on any atom is -0.480 e. The predicted molar refractivity (Wildman–Crippen MR) is 69.9 cm³/mol. The number of benzene rings is 1. The lowest BCUT2D eigenvalue weighted by Gasteiger charge is -2.25. The molecule has 0 fully saturated rings. The Labute approximate surface area is 119 Å². The van der Waals surface area contributed by atoms with Gasteiger partial charge in [-0.2, -0.15) is 0 Å². The molecule has 0 spiro atoms. The predicted octanol–water partition coefficient (Wildman–Crippen LogP) is 1.30. The summed E-state index contributed by atoms with van der Waals surface area (Å²) in [6.45, 7) is 3.10. The first-order valence-corrected chi connectivity index (χ1v) is 6.15. The molecule has 2 amide bonds. The summed E-state index contributed by atoms with van der Waals surface area (Å²) in [6, 6.07) is 2.31. The number of nitro benzene ring substituents is 1. The summed E-state index contributed by atoms with van der Waals surface area (Å²) in [5.41, 5.74) is -0.984. The van der Waals surface area contributed by atoms with Crippen molar-refractivity contribution in [1.82, 2.24) is 4.90 Å². The number of carboxylic acids is 1. The molecule has 0 bridgehead atoms. The molecular formula is C13H12N2O6. The van der Waals surface area contributed by atoms with E-state index < -0.39 is 40.4 Å². The number of carboxylic acid groups (broad SMARTS) is 1. The maximum atomic E-state index is 12.3. The fourth-order valence-corrected chi connectivity index (χ4v) is 2.38. The third-order valence-electron chi connectivity index (χ3n) is 3.28. The van der Waals surface area contributed by atoms with Gasteiger partial charge in [0.2, 0.25) is 0 Å². The monoisotopic (exact) mass is 292 g/mol. The van der Waals surface area contributed by atoms with Gasteiger partial charge in [0.15, 0.2) is 0 Å². The van der Waals surface area contributed by atoms with Crippen LogP contribution in [0.4, 0.5) is 5.69 Å². The molecule has 0 radical (unpaired) electrons. The molecule has 1 N–H and O–H groups in total. The number of hydrogen-bond acceptors (Lipinski definition) is 5. The Hall–Kier alpha value is -2.77. The maximum Gasteiger partial charge on any atom is 0.327 e. The smallest absolute Gasteiger partial charge is 0.327 e. The first kappa shape index (κ1) is 14.6. The number of amides is 2. The van der Waals surface area contributed by atoms with Crippen LogP contribution in [0.25, 0.3) is 0 Å². The molecule has 1 aliphatic rings. The third-order valence-corrected chi connectivity index (χ3v) is 3.28. The fourth-order valence-electron chi connectivity index (χ4n) is 2.38. The van der Waals surface area contributed by atoms with Crippen LogP contribution in [-0.4, -0.2) is 38.8 Å². The molecule has 1 aromatic rings. The van der Waals surface area contributed by atoms with Crippen LogP contribution >= 0.6 is 0 Å². The molecule has 1 aliphatic heterocycles. The SMILES string of the molecule is CC(C)C(C(=O)O)N1C(=O)c2cccc([N+](=O)[O-])c2C1=O. The van der Waals surface area contributed by atoms with E-state index in [4.69, 9.17) is 0 Å². The van der Waals surface area contributed by atoms with Crippen molar-refractivity contribution in [1.29, 1.82) is 0 Å². The lowest BCUT2D eigenvalue weighted by Crippen LogP contribution is -2.47. The Kier molecular flexibility index (Phi) is 3.46. The first-order valence-electron chi connectivity index (χ1n) is 6.15. The van der Waals surface area contributed by atoms with Gasteiger partial charge in [0.1, 0.15) is 11.6 Å². The van der Waals surface area contributed by atoms with Gasteiger partial charge in [-0.05, 0) is 12.0 Å². The van der Waals surface area contributed by atoms with E-state index in [-0.39, 0.29) is 11.1 Å². The second-order valence-corrected chi connectivity index (χ2v) is 4.96. The minimum atomic E-state index is -1.36. The standard InChI is InChI=1S/C13H12N2O6/c1-6(2)10(13(18)19)14-11(16)7-4-3-5-8(15(20)21)9(7)12(14)17/h3-6,10H,1-2H3,(H,18,19). The molecule has 21 heavy (non-hydrogen) atoms. The number of fused-ring (bicyclic) bond motifs is 1. The average molecular weight is 292 g/mol. The Morgan fingerprint density at radius 3 is 2.38 bits per heavy atom. The molecule has 1 heterocycles. The number of hydrogen-bond donors (Lipinski definition) is 1. The van der Waals surface area contributed by atoms with Crippen molar-refractivity contribution in [2.75, 3.05) is 0 Å². The van der Waals surface area contributed by atoms with Crippen molar-refractivity contribution in [2.24, 2.45) is 5.92 Å². The van der Waals surface area contributed by atoms with Gasteiger partial charge in [0.05, 0.1) is 10.5 Å². The van der Waals surface area contributed by atoms with Crippen LogP contribution in [0.2, 0.25) is 0 Å². The van der Waals surface area contributed by atoms with Crippen LogP contribution in [0.15, 0.2) is 18.2 Å². The Balaban J connectivity index is 2.60. The van der Waals surface area contributed by atoms with E-state index in [1.165, 1.54) is 12.1 Å². The molecule has 8 nitrogen and oxygen atoms in total. The van der Waals surface area contributed by atoms with Crippen LogP contribution in [0.3, 0.4) is 0 Å². The van der Waals surface area contributed by atoms with Crippen LogP contribution < -0.4 is 0 Å². The van der Waals surface area contributed by atoms with Gasteiger partial charge in [0.25, 0.3) is 17.5 Å². The van der Waals surface area contributed by atoms with Crippen LogP contribution in [0.1, 0.15) is 34.6 Å². The zero-order chi connectivity index (χ0) is 15.9. The van der Waals surface area contributed by atoms with Crippen LogP contribution in [-0.2, 0) is 4.79 Å². The largest absolute Gasteiger partial charge is 0.480 e. The Bertz CT molecular complexity index is 667. The van der Waals surface area contributed by atoms with Crippen molar-refractivity contribution in [3.63, 3.8) is 0 Å². The van der Waals surface area contributed by atoms with E-state index in [0.29, 0.717) is 4.90 Å². The second kappa shape index (κ2) is 4.97. The molecule has 8 heteroatoms. The van der Waals surface area contributed by atoms with E-state index in [1.54, 1.807) is 13.8 Å². The lowest BCUT2D eigenvalue weighted by atomic mass is 10.0. The molecule has 1 atom stereocenters. The number of imide groups is 1. The summed E-state index contributed by atoms with van der Waals surface area (Å²) in [5, 5.41) is 20.2. The summed E-state index contributed by atoms with van der Waals surface area (Å²) in [7, 11) is 0. The average Bonchev–Trinajstić information content (AvgIpc) is 2.63. The zero-order valence-corrected chi connectivity index (χ0v) is 11.3. The first-order chi connectivity index (χ1) is 9.77. The van der Waals surface area contributed by atoms with Gasteiger partial charge in [-0.1, -0.05) is 19.9 Å². The van der Waals surface area contributed by atoms with E-state index in [9.17, 15) is 29.6 Å². The van der Waals surface area contributed by atoms with Gasteiger partial charge >= 0.3 is 5.97 Å². The van der Waals surface area contributed by atoms with Gasteiger partial charge in [-0.3, -0.25) is 24.6 Å². The van der Waals surface area contributed by atoms with E-state index in [0.717, 1.165) is 6.07 Å². The van der Waals surface area contributed by atoms with Crippen molar-refractivity contribution in [2.45, 2.75) is 19.9 Å². The number of aliphatic carboxylic acids is 1. The molecule has 1 aromatic carbocycles. The summed E-state index contributed by atoms with van der Waals surface area (Å²) in [5.74, 6) is -3.62. The lowest BCUT2D eigenvalue weighted by molar-refractivity contribution is -0.385. The molecule has 0 saturated carbocycles. The van der Waals surface area contributed by atoms with E-state index in [1.807, 2.05) is 0 Å². The van der Waals surface area contributed by atoms with Gasteiger partial charge in [0, 0.05) is 6.07 Å². The minimum absolute atomic E-state index is 0.138. The van der Waals surface area contributed by atoms with Crippen molar-refractivity contribution < 1.29 is 24.4 Å². The number of carbonyl (C=O) groups is 3. The molecule has 0 saturated heterocycles. The molecule has 0 aromatic heterocycles. The maximum absolute atomic E-state index is 12.3. The Morgan fingerprint density at radius 1 is 1.29 bits per heavy atom. The van der Waals surface area contributed by atoms with E-state index in [2.05, 4.69) is 0 Å². The van der Waals surface area contributed by atoms with Crippen molar-refractivity contribution in [3.05, 3.63) is 39.4 Å². The highest BCUT2D eigenvalue weighted by Gasteiger charge is 2.47. The van der Waals surface area contributed by atoms with Crippen molar-refractivity contribution in [3.8, 4) is 0 Å². The summed E-state index contributed by atoms with van der Waals surface area (Å²) < 4.78 is 0. The zero-order valence-electron chi connectivity index (χ0n) is 11.3. The second-order valence-electron chi connectivity index (χ2n) is 4.96. The molecule has 110 valence electrons. The van der Waals surface area contributed by atoms with Gasteiger partial charge < -0.3 is 5.11 Å². The normalized spacial score (nSPS) is 15.3. The van der Waals surface area contributed by atoms with Crippen LogP contribution in [0.5, 0.6) is 0 Å². The Morgan fingerprint density at radius 2 is 1.90 bits per heavy atom. The van der Waals surface area contributed by atoms with Gasteiger partial charge in [-0.15, -0.1) is 0 Å². The summed E-state index contributed by atoms with van der Waals surface area (Å²) >= 11 is 0. The number of nitro groups is 1. The number of carbonyl (C=O) groups excluding carboxylic acids is 2. The summed E-state index contributed by atoms with van der Waals surface area (Å²) in [6.07, 6.45) is 0. The fraction of sp³-hybridized carbons (Fsp3) is 0.308.